The number of amides is 1. The summed E-state index contributed by atoms with van der Waals surface area (Å²) in [5, 5.41) is 6.10. The largest absolute Gasteiger partial charge is 0.479 e. The third-order valence-corrected chi connectivity index (χ3v) is 2.08. The van der Waals surface area contributed by atoms with Crippen molar-refractivity contribution >= 4 is 17.3 Å². The maximum atomic E-state index is 11.3. The predicted octanol–water partition coefficient (Wildman–Crippen LogP) is 2.35. The summed E-state index contributed by atoms with van der Waals surface area (Å²) < 4.78 is 5.34. The van der Waals surface area contributed by atoms with Gasteiger partial charge in [0.2, 0.25) is 0 Å². The van der Waals surface area contributed by atoms with Crippen LogP contribution in [0.5, 0.6) is 5.75 Å². The first kappa shape index (κ1) is 9.36. The summed E-state index contributed by atoms with van der Waals surface area (Å²) in [5.41, 5.74) is 9.13. The number of ether oxygens (including phenoxy) is 1. The Hall–Kier alpha value is -2.20. The van der Waals surface area contributed by atoms with E-state index in [0.717, 1.165) is 0 Å². The lowest BCUT2D eigenvalue weighted by atomic mass is 10.2. The summed E-state index contributed by atoms with van der Waals surface area (Å²) in [5.74, 6) is 0.273. The number of benzene rings is 1. The van der Waals surface area contributed by atoms with E-state index in [9.17, 15) is 4.79 Å². The monoisotopic (exact) mass is 204 g/mol. The van der Waals surface area contributed by atoms with Crippen molar-refractivity contribution in [1.29, 1.82) is 0 Å². The Bertz CT molecular complexity index is 465. The van der Waals surface area contributed by atoms with Crippen molar-refractivity contribution in [2.24, 2.45) is 5.11 Å². The molecule has 0 radical (unpaired) electrons. The number of fused-ring (bicyclic) bond motifs is 1. The molecule has 0 saturated carbocycles. The van der Waals surface area contributed by atoms with Crippen molar-refractivity contribution in [3.63, 3.8) is 0 Å². The maximum absolute atomic E-state index is 11.3. The van der Waals surface area contributed by atoms with Crippen molar-refractivity contribution in [1.82, 2.24) is 0 Å². The van der Waals surface area contributed by atoms with E-state index in [0.29, 0.717) is 17.1 Å². The standard InChI is InChI=1S/C9H8N4O2/c1-5-9(14)11-8-6(12-13-10)3-2-4-7(8)15-5/h2-5H,1H3,(H,11,14). The molecule has 0 aromatic heterocycles. The lowest BCUT2D eigenvalue weighted by Crippen LogP contribution is -2.34. The topological polar surface area (TPSA) is 87.1 Å². The average Bonchev–Trinajstić information content (AvgIpc) is 2.21. The molecule has 15 heavy (non-hydrogen) atoms. The number of carbonyl (C=O) groups excluding carboxylic acids is 1. The van der Waals surface area contributed by atoms with Gasteiger partial charge in [-0.15, -0.1) is 0 Å². The molecule has 0 bridgehead atoms. The summed E-state index contributed by atoms with van der Waals surface area (Å²) >= 11 is 0. The molecule has 1 atom stereocenters. The fourth-order valence-electron chi connectivity index (χ4n) is 1.34. The van der Waals surface area contributed by atoms with Crippen LogP contribution >= 0.6 is 0 Å². The quantitative estimate of drug-likeness (QED) is 0.432. The Morgan fingerprint density at radius 2 is 2.40 bits per heavy atom. The van der Waals surface area contributed by atoms with Gasteiger partial charge in [-0.3, -0.25) is 4.79 Å². The van der Waals surface area contributed by atoms with E-state index in [1.54, 1.807) is 25.1 Å². The summed E-state index contributed by atoms with van der Waals surface area (Å²) in [6.07, 6.45) is -0.529. The highest BCUT2D eigenvalue weighted by Crippen LogP contribution is 2.37. The molecule has 1 N–H and O–H groups in total. The molecule has 6 nitrogen and oxygen atoms in total. The molecule has 76 valence electrons. The number of carbonyl (C=O) groups is 1. The van der Waals surface area contributed by atoms with Crippen LogP contribution in [0, 0.1) is 0 Å². The van der Waals surface area contributed by atoms with Crippen molar-refractivity contribution in [3.8, 4) is 5.75 Å². The van der Waals surface area contributed by atoms with Crippen LogP contribution in [-0.2, 0) is 4.79 Å². The Balaban J connectivity index is 2.52. The van der Waals surface area contributed by atoms with E-state index in [1.165, 1.54) is 0 Å². The van der Waals surface area contributed by atoms with Gasteiger partial charge in [0.05, 0.1) is 11.4 Å². The van der Waals surface area contributed by atoms with E-state index < -0.39 is 6.10 Å². The van der Waals surface area contributed by atoms with Gasteiger partial charge in [-0.1, -0.05) is 17.2 Å². The second-order valence-corrected chi connectivity index (χ2v) is 3.09. The zero-order valence-corrected chi connectivity index (χ0v) is 7.97. The minimum absolute atomic E-state index is 0.247. The van der Waals surface area contributed by atoms with Crippen LogP contribution in [0.2, 0.25) is 0 Å². The number of para-hydroxylation sites is 1. The zero-order chi connectivity index (χ0) is 10.8. The molecule has 0 spiro atoms. The molecule has 6 heteroatoms. The summed E-state index contributed by atoms with van der Waals surface area (Å²) in [7, 11) is 0. The minimum atomic E-state index is -0.529. The predicted molar refractivity (Wildman–Crippen MR) is 54.0 cm³/mol. The molecule has 1 aromatic rings. The molecular formula is C9H8N4O2. The molecule has 0 saturated heterocycles. The van der Waals surface area contributed by atoms with Gasteiger partial charge in [0.15, 0.2) is 6.10 Å². The first-order valence-corrected chi connectivity index (χ1v) is 4.38. The maximum Gasteiger partial charge on any atom is 0.265 e. The molecule has 1 aliphatic heterocycles. The van der Waals surface area contributed by atoms with Gasteiger partial charge in [0.25, 0.3) is 5.91 Å². The Labute approximate surface area is 85.5 Å². The molecule has 0 aliphatic carbocycles. The SMILES string of the molecule is CC1Oc2cccc(N=[N+]=[N-])c2NC1=O. The normalized spacial score (nSPS) is 18.2. The van der Waals surface area contributed by atoms with Crippen LogP contribution in [0.25, 0.3) is 10.4 Å². The lowest BCUT2D eigenvalue weighted by molar-refractivity contribution is -0.122. The van der Waals surface area contributed by atoms with Gasteiger partial charge in [0, 0.05) is 4.91 Å². The molecule has 0 fully saturated rings. The first-order valence-electron chi connectivity index (χ1n) is 4.38. The summed E-state index contributed by atoms with van der Waals surface area (Å²) in [4.78, 5) is 14.0. The van der Waals surface area contributed by atoms with Gasteiger partial charge in [-0.25, -0.2) is 0 Å². The molecule has 2 rings (SSSR count). The molecule has 1 aliphatic rings. The zero-order valence-electron chi connectivity index (χ0n) is 7.97. The van der Waals surface area contributed by atoms with E-state index in [4.69, 9.17) is 10.3 Å². The van der Waals surface area contributed by atoms with Crippen LogP contribution < -0.4 is 10.1 Å². The molecule has 1 heterocycles. The number of hydrogen-bond donors (Lipinski definition) is 1. The number of hydrogen-bond acceptors (Lipinski definition) is 3. The summed E-state index contributed by atoms with van der Waals surface area (Å²) in [6, 6.07) is 5.02. The average molecular weight is 204 g/mol. The van der Waals surface area contributed by atoms with Crippen LogP contribution in [0.1, 0.15) is 6.92 Å². The van der Waals surface area contributed by atoms with Crippen molar-refractivity contribution in [2.75, 3.05) is 5.32 Å². The van der Waals surface area contributed by atoms with Crippen molar-refractivity contribution in [2.45, 2.75) is 13.0 Å². The molecule has 1 unspecified atom stereocenters. The fraction of sp³-hybridized carbons (Fsp3) is 0.222. The third-order valence-electron chi connectivity index (χ3n) is 2.08. The molecule has 1 amide bonds. The van der Waals surface area contributed by atoms with Crippen LogP contribution in [0.4, 0.5) is 11.4 Å². The van der Waals surface area contributed by atoms with Crippen LogP contribution in [0.3, 0.4) is 0 Å². The van der Waals surface area contributed by atoms with Crippen LogP contribution in [-0.4, -0.2) is 12.0 Å². The van der Waals surface area contributed by atoms with Gasteiger partial charge in [-0.05, 0) is 18.5 Å². The lowest BCUT2D eigenvalue weighted by Gasteiger charge is -2.24. The Morgan fingerprint density at radius 3 is 3.13 bits per heavy atom. The number of anilines is 1. The molecular weight excluding hydrogens is 196 g/mol. The van der Waals surface area contributed by atoms with Gasteiger partial charge < -0.3 is 10.1 Å². The highest BCUT2D eigenvalue weighted by atomic mass is 16.5. The van der Waals surface area contributed by atoms with E-state index in [-0.39, 0.29) is 5.91 Å². The highest BCUT2D eigenvalue weighted by Gasteiger charge is 2.24. The number of rotatable bonds is 1. The minimum Gasteiger partial charge on any atom is -0.479 e. The Morgan fingerprint density at radius 1 is 1.60 bits per heavy atom. The summed E-state index contributed by atoms with van der Waals surface area (Å²) in [6.45, 7) is 1.65. The number of nitrogens with one attached hydrogen (secondary N) is 1. The van der Waals surface area contributed by atoms with E-state index in [2.05, 4.69) is 15.3 Å². The number of nitrogens with zero attached hydrogens (tertiary/aromatic N) is 3. The second-order valence-electron chi connectivity index (χ2n) is 3.09. The first-order chi connectivity index (χ1) is 7.22. The van der Waals surface area contributed by atoms with Crippen molar-refractivity contribution < 1.29 is 9.53 Å². The van der Waals surface area contributed by atoms with Crippen LogP contribution in [0.15, 0.2) is 23.3 Å². The smallest absolute Gasteiger partial charge is 0.265 e. The fourth-order valence-corrected chi connectivity index (χ4v) is 1.34. The molecule has 1 aromatic carbocycles. The van der Waals surface area contributed by atoms with Gasteiger partial charge in [-0.2, -0.15) is 0 Å². The third kappa shape index (κ3) is 1.58. The van der Waals surface area contributed by atoms with Crippen molar-refractivity contribution in [3.05, 3.63) is 28.6 Å². The number of azide groups is 1. The van der Waals surface area contributed by atoms with E-state index >= 15 is 0 Å². The van der Waals surface area contributed by atoms with Gasteiger partial charge in [0.1, 0.15) is 5.75 Å². The Kier molecular flexibility index (Phi) is 2.19. The second kappa shape index (κ2) is 3.51. The highest BCUT2D eigenvalue weighted by molar-refractivity contribution is 6.00. The van der Waals surface area contributed by atoms with E-state index in [1.807, 2.05) is 0 Å². The van der Waals surface area contributed by atoms with Gasteiger partial charge >= 0.3 is 0 Å².